The molecule has 1 aromatic rings. The predicted octanol–water partition coefficient (Wildman–Crippen LogP) is 1.39. The van der Waals surface area contributed by atoms with Crippen molar-refractivity contribution in [2.75, 3.05) is 6.54 Å². The number of halogens is 1. The highest BCUT2D eigenvalue weighted by Gasteiger charge is 2.35. The molecule has 20 heavy (non-hydrogen) atoms. The lowest BCUT2D eigenvalue weighted by Crippen LogP contribution is -2.48. The molecule has 1 aliphatic heterocycles. The molecule has 2 N–H and O–H groups in total. The van der Waals surface area contributed by atoms with Gasteiger partial charge in [0.25, 0.3) is 10.0 Å². The van der Waals surface area contributed by atoms with Gasteiger partial charge in [0.2, 0.25) is 0 Å². The predicted molar refractivity (Wildman–Crippen MR) is 80.4 cm³/mol. The highest BCUT2D eigenvalue weighted by molar-refractivity contribution is 7.89. The second-order valence-electron chi connectivity index (χ2n) is 5.46. The van der Waals surface area contributed by atoms with E-state index in [0.717, 1.165) is 0 Å². The summed E-state index contributed by atoms with van der Waals surface area (Å²) in [5.74, 6) is 0. The fraction of sp³-hybridized carbons (Fsp3) is 0.750. The zero-order valence-corrected chi connectivity index (χ0v) is 13.7. The molecule has 6 nitrogen and oxygen atoms in total. The first-order chi connectivity index (χ1) is 8.84. The number of rotatable bonds is 3. The molecule has 2 heterocycles. The van der Waals surface area contributed by atoms with Gasteiger partial charge in [0.1, 0.15) is 0 Å². The maximum Gasteiger partial charge on any atom is 0.260 e. The summed E-state index contributed by atoms with van der Waals surface area (Å²) in [5.41, 5.74) is 5.89. The Morgan fingerprint density at radius 1 is 1.45 bits per heavy atom. The van der Waals surface area contributed by atoms with Gasteiger partial charge in [-0.2, -0.15) is 9.40 Å². The standard InChI is InChI=1S/C12H22N4O2S.ClH/c1-9(2)16-12(4-6-14-16)19(17,18)15-7-5-11(13)8-10(15)3;/h4,6,9-11H,5,7-8,13H2,1-3H3;1H/t10-,11-;/m1./s1. The van der Waals surface area contributed by atoms with E-state index < -0.39 is 10.0 Å². The Bertz CT molecular complexity index is 543. The molecule has 0 bridgehead atoms. The molecule has 1 aromatic heterocycles. The highest BCUT2D eigenvalue weighted by Crippen LogP contribution is 2.25. The average Bonchev–Trinajstić information content (AvgIpc) is 2.77. The third kappa shape index (κ3) is 3.16. The van der Waals surface area contributed by atoms with Crippen LogP contribution in [0.5, 0.6) is 0 Å². The summed E-state index contributed by atoms with van der Waals surface area (Å²) in [4.78, 5) is 0. The third-order valence-electron chi connectivity index (χ3n) is 3.55. The van der Waals surface area contributed by atoms with Crippen LogP contribution in [-0.2, 0) is 10.0 Å². The van der Waals surface area contributed by atoms with Crippen molar-refractivity contribution in [3.63, 3.8) is 0 Å². The molecule has 8 heteroatoms. The van der Waals surface area contributed by atoms with E-state index in [0.29, 0.717) is 19.4 Å². The first-order valence-corrected chi connectivity index (χ1v) is 8.09. The van der Waals surface area contributed by atoms with E-state index in [-0.39, 0.29) is 35.6 Å². The molecule has 1 saturated heterocycles. The summed E-state index contributed by atoms with van der Waals surface area (Å²) in [6.07, 6.45) is 2.95. The van der Waals surface area contributed by atoms with E-state index in [2.05, 4.69) is 5.10 Å². The Kier molecular flexibility index (Phi) is 5.60. The first-order valence-electron chi connectivity index (χ1n) is 6.65. The van der Waals surface area contributed by atoms with Crippen molar-refractivity contribution in [1.29, 1.82) is 0 Å². The van der Waals surface area contributed by atoms with E-state index in [1.54, 1.807) is 15.1 Å². The number of aromatic nitrogens is 2. The van der Waals surface area contributed by atoms with Gasteiger partial charge in [-0.15, -0.1) is 12.4 Å². The van der Waals surface area contributed by atoms with Gasteiger partial charge in [-0.05, 0) is 39.7 Å². The number of nitrogens with two attached hydrogens (primary N) is 1. The van der Waals surface area contributed by atoms with Gasteiger partial charge in [0.15, 0.2) is 5.03 Å². The Balaban J connectivity index is 0.00000200. The zero-order chi connectivity index (χ0) is 14.2. The van der Waals surface area contributed by atoms with Crippen LogP contribution in [0.4, 0.5) is 0 Å². The Morgan fingerprint density at radius 3 is 2.65 bits per heavy atom. The third-order valence-corrected chi connectivity index (χ3v) is 5.56. The maximum absolute atomic E-state index is 12.7. The zero-order valence-electron chi connectivity index (χ0n) is 12.1. The summed E-state index contributed by atoms with van der Waals surface area (Å²) in [5, 5.41) is 4.37. The summed E-state index contributed by atoms with van der Waals surface area (Å²) < 4.78 is 28.5. The second kappa shape index (κ2) is 6.43. The van der Waals surface area contributed by atoms with Crippen molar-refractivity contribution >= 4 is 22.4 Å². The smallest absolute Gasteiger partial charge is 0.260 e. The molecular weight excluding hydrogens is 300 g/mol. The first kappa shape index (κ1) is 17.4. The molecule has 0 radical (unpaired) electrons. The van der Waals surface area contributed by atoms with Crippen LogP contribution in [0, 0.1) is 0 Å². The molecule has 2 atom stereocenters. The minimum absolute atomic E-state index is 0. The number of hydrogen-bond donors (Lipinski definition) is 1. The summed E-state index contributed by atoms with van der Waals surface area (Å²) in [6, 6.07) is 1.61. The van der Waals surface area contributed by atoms with Gasteiger partial charge < -0.3 is 5.73 Å². The minimum atomic E-state index is -3.49. The molecule has 2 rings (SSSR count). The van der Waals surface area contributed by atoms with E-state index in [1.807, 2.05) is 20.8 Å². The molecule has 0 spiro atoms. The molecule has 1 fully saturated rings. The summed E-state index contributed by atoms with van der Waals surface area (Å²) in [7, 11) is -3.49. The van der Waals surface area contributed by atoms with Crippen LogP contribution < -0.4 is 5.73 Å². The van der Waals surface area contributed by atoms with Gasteiger partial charge in [-0.3, -0.25) is 4.68 Å². The quantitative estimate of drug-likeness (QED) is 0.911. The van der Waals surface area contributed by atoms with Crippen LogP contribution in [0.3, 0.4) is 0 Å². The molecule has 0 amide bonds. The summed E-state index contributed by atoms with van der Waals surface area (Å²) >= 11 is 0. The lowest BCUT2D eigenvalue weighted by molar-refractivity contribution is 0.245. The fourth-order valence-corrected chi connectivity index (χ4v) is 4.43. The fourth-order valence-electron chi connectivity index (χ4n) is 2.56. The van der Waals surface area contributed by atoms with Crippen LogP contribution in [0.2, 0.25) is 0 Å². The maximum atomic E-state index is 12.7. The van der Waals surface area contributed by atoms with Gasteiger partial charge in [0.05, 0.1) is 6.20 Å². The van der Waals surface area contributed by atoms with E-state index in [4.69, 9.17) is 5.73 Å². The number of piperidine rings is 1. The monoisotopic (exact) mass is 322 g/mol. The molecule has 116 valence electrons. The van der Waals surface area contributed by atoms with Crippen molar-refractivity contribution in [1.82, 2.24) is 14.1 Å². The average molecular weight is 323 g/mol. The van der Waals surface area contributed by atoms with Crippen molar-refractivity contribution in [2.24, 2.45) is 5.73 Å². The highest BCUT2D eigenvalue weighted by atomic mass is 35.5. The van der Waals surface area contributed by atoms with E-state index >= 15 is 0 Å². The number of sulfonamides is 1. The Morgan fingerprint density at radius 2 is 2.10 bits per heavy atom. The molecule has 0 unspecified atom stereocenters. The van der Waals surface area contributed by atoms with Gasteiger partial charge >= 0.3 is 0 Å². The van der Waals surface area contributed by atoms with Crippen LogP contribution in [-0.4, -0.2) is 41.1 Å². The van der Waals surface area contributed by atoms with Crippen LogP contribution in [0.25, 0.3) is 0 Å². The Labute approximate surface area is 126 Å². The Hall–Kier alpha value is -0.630. The normalized spacial score (nSPS) is 24.6. The minimum Gasteiger partial charge on any atom is -0.328 e. The van der Waals surface area contributed by atoms with Crippen molar-refractivity contribution in [3.8, 4) is 0 Å². The lowest BCUT2D eigenvalue weighted by Gasteiger charge is -2.35. The van der Waals surface area contributed by atoms with E-state index in [9.17, 15) is 8.42 Å². The summed E-state index contributed by atoms with van der Waals surface area (Å²) in [6.45, 7) is 6.23. The van der Waals surface area contributed by atoms with Crippen molar-refractivity contribution < 1.29 is 8.42 Å². The van der Waals surface area contributed by atoms with Crippen molar-refractivity contribution in [2.45, 2.75) is 56.8 Å². The lowest BCUT2D eigenvalue weighted by atomic mass is 10.0. The van der Waals surface area contributed by atoms with Crippen LogP contribution >= 0.6 is 12.4 Å². The van der Waals surface area contributed by atoms with Gasteiger partial charge in [0, 0.05) is 24.7 Å². The van der Waals surface area contributed by atoms with E-state index in [1.165, 1.54) is 6.20 Å². The molecule has 0 saturated carbocycles. The van der Waals surface area contributed by atoms with Crippen molar-refractivity contribution in [3.05, 3.63) is 12.3 Å². The van der Waals surface area contributed by atoms with Gasteiger partial charge in [-0.25, -0.2) is 8.42 Å². The second-order valence-corrected chi connectivity index (χ2v) is 7.29. The molecule has 0 aromatic carbocycles. The number of hydrogen-bond acceptors (Lipinski definition) is 4. The molecular formula is C12H23ClN4O2S. The SMILES string of the molecule is CC(C)n1nccc1S(=O)(=O)N1CC[C@@H](N)C[C@H]1C.Cl. The van der Waals surface area contributed by atoms with Crippen LogP contribution in [0.15, 0.2) is 17.3 Å². The topological polar surface area (TPSA) is 81.2 Å². The van der Waals surface area contributed by atoms with Gasteiger partial charge in [-0.1, -0.05) is 0 Å². The van der Waals surface area contributed by atoms with Crippen LogP contribution in [0.1, 0.15) is 39.7 Å². The molecule has 0 aliphatic carbocycles. The number of nitrogens with zero attached hydrogens (tertiary/aromatic N) is 3. The molecule has 1 aliphatic rings. The largest absolute Gasteiger partial charge is 0.328 e.